The number of thiazole rings is 1. The Morgan fingerprint density at radius 3 is 2.68 bits per heavy atom. The molecule has 3 atom stereocenters. The van der Waals surface area contributed by atoms with E-state index in [1.165, 1.54) is 35.4 Å². The number of aromatic nitrogens is 1. The van der Waals surface area contributed by atoms with E-state index in [2.05, 4.69) is 29.2 Å². The van der Waals surface area contributed by atoms with Crippen LogP contribution < -0.4 is 0 Å². The third-order valence-electron chi connectivity index (χ3n) is 6.83. The molecule has 3 unspecified atom stereocenters. The normalized spacial score (nSPS) is 29.6. The number of amides is 1. The van der Waals surface area contributed by atoms with Crippen molar-refractivity contribution < 1.29 is 4.79 Å². The predicted molar refractivity (Wildman–Crippen MR) is 102 cm³/mol. The van der Waals surface area contributed by atoms with Crippen LogP contribution in [0.5, 0.6) is 0 Å². The summed E-state index contributed by atoms with van der Waals surface area (Å²) in [5.41, 5.74) is 1.12. The maximum Gasteiger partial charge on any atom is 0.222 e. The Kier molecular flexibility index (Phi) is 4.04. The number of fused-ring (bicyclic) bond motifs is 3. The number of piperidine rings is 1. The van der Waals surface area contributed by atoms with Gasteiger partial charge in [0.2, 0.25) is 5.91 Å². The third kappa shape index (κ3) is 2.99. The van der Waals surface area contributed by atoms with E-state index in [0.29, 0.717) is 17.7 Å². The van der Waals surface area contributed by atoms with Crippen LogP contribution in [0.1, 0.15) is 55.9 Å². The van der Waals surface area contributed by atoms with Crippen molar-refractivity contribution in [1.82, 2.24) is 9.88 Å². The molecule has 1 amide bonds. The molecule has 2 aromatic rings. The van der Waals surface area contributed by atoms with Crippen molar-refractivity contribution in [2.75, 3.05) is 13.1 Å². The van der Waals surface area contributed by atoms with Gasteiger partial charge in [0.15, 0.2) is 0 Å². The summed E-state index contributed by atoms with van der Waals surface area (Å²) in [7, 11) is 0. The number of nitrogens with zero attached hydrogens (tertiary/aromatic N) is 2. The fourth-order valence-electron chi connectivity index (χ4n) is 5.42. The molecule has 2 heterocycles. The van der Waals surface area contributed by atoms with Crippen molar-refractivity contribution in [3.05, 3.63) is 29.3 Å². The van der Waals surface area contributed by atoms with Crippen molar-refractivity contribution in [3.8, 4) is 0 Å². The SMILES string of the molecule is O=C(CC1CC2CCC1C2)N1CCC(c2nc3ccccc3s2)CC1. The highest BCUT2D eigenvalue weighted by atomic mass is 32.1. The largest absolute Gasteiger partial charge is 0.343 e. The van der Waals surface area contributed by atoms with Gasteiger partial charge in [0.05, 0.1) is 15.2 Å². The zero-order valence-electron chi connectivity index (χ0n) is 14.7. The van der Waals surface area contributed by atoms with Crippen LogP contribution in [-0.2, 0) is 4.79 Å². The molecule has 3 aliphatic rings. The lowest BCUT2D eigenvalue weighted by molar-refractivity contribution is -0.133. The molecule has 25 heavy (non-hydrogen) atoms. The van der Waals surface area contributed by atoms with Crippen molar-refractivity contribution in [2.45, 2.75) is 50.9 Å². The quantitative estimate of drug-likeness (QED) is 0.791. The number of carbonyl (C=O) groups is 1. The van der Waals surface area contributed by atoms with Gasteiger partial charge in [-0.3, -0.25) is 4.79 Å². The lowest BCUT2D eigenvalue weighted by Gasteiger charge is -2.32. The zero-order valence-corrected chi connectivity index (χ0v) is 15.5. The summed E-state index contributed by atoms with van der Waals surface area (Å²) >= 11 is 1.83. The second kappa shape index (κ2) is 6.39. The van der Waals surface area contributed by atoms with Crippen molar-refractivity contribution >= 4 is 27.5 Å². The predicted octanol–water partition coefficient (Wildman–Crippen LogP) is 4.83. The van der Waals surface area contributed by atoms with Gasteiger partial charge in [-0.1, -0.05) is 18.6 Å². The highest BCUT2D eigenvalue weighted by Crippen LogP contribution is 2.49. The maximum atomic E-state index is 12.7. The van der Waals surface area contributed by atoms with Gasteiger partial charge >= 0.3 is 0 Å². The third-order valence-corrected chi connectivity index (χ3v) is 8.03. The molecular formula is C21H26N2OS. The average Bonchev–Trinajstić information content (AvgIpc) is 3.36. The van der Waals surface area contributed by atoms with E-state index in [0.717, 1.165) is 49.7 Å². The molecule has 0 N–H and O–H groups in total. The summed E-state index contributed by atoms with van der Waals surface area (Å²) in [5.74, 6) is 3.43. The smallest absolute Gasteiger partial charge is 0.222 e. The summed E-state index contributed by atoms with van der Waals surface area (Å²) in [5, 5.41) is 1.27. The second-order valence-electron chi connectivity index (χ2n) is 8.31. The van der Waals surface area contributed by atoms with Gasteiger partial charge in [0.1, 0.15) is 0 Å². The highest BCUT2D eigenvalue weighted by molar-refractivity contribution is 7.18. The first-order chi connectivity index (χ1) is 12.3. The second-order valence-corrected chi connectivity index (χ2v) is 9.38. The zero-order chi connectivity index (χ0) is 16.8. The molecule has 0 spiro atoms. The van der Waals surface area contributed by atoms with Crippen molar-refractivity contribution in [1.29, 1.82) is 0 Å². The molecule has 2 bridgehead atoms. The first kappa shape index (κ1) is 15.8. The topological polar surface area (TPSA) is 33.2 Å². The lowest BCUT2D eigenvalue weighted by Crippen LogP contribution is -2.39. The highest BCUT2D eigenvalue weighted by Gasteiger charge is 2.40. The van der Waals surface area contributed by atoms with Gasteiger partial charge in [-0.2, -0.15) is 0 Å². The van der Waals surface area contributed by atoms with Crippen molar-refractivity contribution in [2.24, 2.45) is 17.8 Å². The molecule has 4 heteroatoms. The summed E-state index contributed by atoms with van der Waals surface area (Å²) in [4.78, 5) is 19.7. The number of para-hydroxylation sites is 1. The van der Waals surface area contributed by atoms with Crippen LogP contribution in [0.15, 0.2) is 24.3 Å². The Labute approximate surface area is 153 Å². The van der Waals surface area contributed by atoms with Gasteiger partial charge in [-0.15, -0.1) is 11.3 Å². The summed E-state index contributed by atoms with van der Waals surface area (Å²) in [6.45, 7) is 1.83. The maximum absolute atomic E-state index is 12.7. The summed E-state index contributed by atoms with van der Waals surface area (Å²) < 4.78 is 1.28. The van der Waals surface area contributed by atoms with E-state index >= 15 is 0 Å². The minimum Gasteiger partial charge on any atom is -0.343 e. The lowest BCUT2D eigenvalue weighted by atomic mass is 9.86. The van der Waals surface area contributed by atoms with Crippen LogP contribution in [0, 0.1) is 17.8 Å². The fourth-order valence-corrected chi connectivity index (χ4v) is 6.56. The van der Waals surface area contributed by atoms with Crippen LogP contribution in [0.3, 0.4) is 0 Å². The van der Waals surface area contributed by atoms with E-state index in [4.69, 9.17) is 4.98 Å². The van der Waals surface area contributed by atoms with Gasteiger partial charge in [0, 0.05) is 25.4 Å². The van der Waals surface area contributed by atoms with E-state index < -0.39 is 0 Å². The van der Waals surface area contributed by atoms with Gasteiger partial charge < -0.3 is 4.90 Å². The number of carbonyl (C=O) groups excluding carboxylic acids is 1. The number of hydrogen-bond donors (Lipinski definition) is 0. The molecule has 132 valence electrons. The Hall–Kier alpha value is -1.42. The van der Waals surface area contributed by atoms with E-state index in [1.807, 2.05) is 11.3 Å². The Morgan fingerprint density at radius 2 is 1.96 bits per heavy atom. The molecule has 3 nitrogen and oxygen atoms in total. The molecule has 5 rings (SSSR count). The summed E-state index contributed by atoms with van der Waals surface area (Å²) in [6.07, 6.45) is 8.47. The molecule has 3 fully saturated rings. The molecule has 2 saturated carbocycles. The van der Waals surface area contributed by atoms with Gasteiger partial charge in [-0.05, 0) is 62.0 Å². The summed E-state index contributed by atoms with van der Waals surface area (Å²) in [6, 6.07) is 8.40. The van der Waals surface area contributed by atoms with Gasteiger partial charge in [-0.25, -0.2) is 4.98 Å². The minimum atomic E-state index is 0.417. The first-order valence-corrected chi connectivity index (χ1v) is 10.7. The Balaban J connectivity index is 1.18. The standard InChI is InChI=1S/C21H26N2OS/c24-20(13-17-12-14-5-6-16(17)11-14)23-9-7-15(8-10-23)21-22-18-3-1-2-4-19(18)25-21/h1-4,14-17H,5-13H2. The molecule has 2 aliphatic carbocycles. The first-order valence-electron chi connectivity index (χ1n) is 9.89. The van der Waals surface area contributed by atoms with Gasteiger partial charge in [0.25, 0.3) is 0 Å². The number of hydrogen-bond acceptors (Lipinski definition) is 3. The Bertz CT molecular complexity index is 744. The fraction of sp³-hybridized carbons (Fsp3) is 0.619. The Morgan fingerprint density at radius 1 is 1.12 bits per heavy atom. The van der Waals surface area contributed by atoms with Crippen LogP contribution >= 0.6 is 11.3 Å². The minimum absolute atomic E-state index is 0.417. The monoisotopic (exact) mass is 354 g/mol. The van der Waals surface area contributed by atoms with E-state index in [-0.39, 0.29) is 0 Å². The van der Waals surface area contributed by atoms with Crippen LogP contribution in [0.2, 0.25) is 0 Å². The molecular weight excluding hydrogens is 328 g/mol. The molecule has 1 aliphatic heterocycles. The van der Waals surface area contributed by atoms with E-state index in [9.17, 15) is 4.79 Å². The number of likely N-dealkylation sites (tertiary alicyclic amines) is 1. The molecule has 0 radical (unpaired) electrons. The van der Waals surface area contributed by atoms with Crippen molar-refractivity contribution in [3.63, 3.8) is 0 Å². The van der Waals surface area contributed by atoms with Crippen LogP contribution in [0.4, 0.5) is 0 Å². The van der Waals surface area contributed by atoms with Crippen LogP contribution in [-0.4, -0.2) is 28.9 Å². The molecule has 1 saturated heterocycles. The van der Waals surface area contributed by atoms with E-state index in [1.54, 1.807) is 0 Å². The number of rotatable bonds is 3. The average molecular weight is 355 g/mol. The van der Waals surface area contributed by atoms with Crippen LogP contribution in [0.25, 0.3) is 10.2 Å². The number of benzene rings is 1. The molecule has 1 aromatic heterocycles. The molecule has 1 aromatic carbocycles.